The molecule has 3 heteroatoms. The van der Waals surface area contributed by atoms with Crippen molar-refractivity contribution in [2.24, 2.45) is 0 Å². The summed E-state index contributed by atoms with van der Waals surface area (Å²) in [5.41, 5.74) is 0.763. The van der Waals surface area contributed by atoms with Gasteiger partial charge in [0.1, 0.15) is 0 Å². The predicted molar refractivity (Wildman–Crippen MR) is 71.1 cm³/mol. The summed E-state index contributed by atoms with van der Waals surface area (Å²) in [6.07, 6.45) is 2.93. The Morgan fingerprint density at radius 2 is 1.80 bits per heavy atom. The third kappa shape index (κ3) is 5.38. The third-order valence-corrected chi connectivity index (χ3v) is 3.71. The smallest absolute Gasteiger partial charge is 0.173 e. The lowest BCUT2D eigenvalue weighted by Gasteiger charge is -1.92. The average Bonchev–Trinajstić information content (AvgIpc) is 2.88. The number of hydrogen-bond acceptors (Lipinski definition) is 2. The summed E-state index contributed by atoms with van der Waals surface area (Å²) in [5.74, 6) is 2.96. The van der Waals surface area contributed by atoms with Crippen LogP contribution in [-0.2, 0) is 0 Å². The second-order valence-electron chi connectivity index (χ2n) is 3.24. The zero-order valence-electron chi connectivity index (χ0n) is 8.62. The summed E-state index contributed by atoms with van der Waals surface area (Å²) in [7, 11) is 0. The normalized spacial score (nSPS) is 14.2. The van der Waals surface area contributed by atoms with E-state index in [1.54, 1.807) is 0 Å². The quantitative estimate of drug-likeness (QED) is 0.608. The molecule has 1 aliphatic heterocycles. The number of benzene rings is 1. The molecule has 1 fully saturated rings. The van der Waals surface area contributed by atoms with Crippen molar-refractivity contribution in [3.63, 3.8) is 0 Å². The zero-order valence-corrected chi connectivity index (χ0v) is 11.0. The molecule has 0 bridgehead atoms. The topological polar surface area (TPSA) is 17.1 Å². The van der Waals surface area contributed by atoms with Crippen LogP contribution in [0.4, 0.5) is 0 Å². The molecule has 0 atom stereocenters. The first kappa shape index (κ1) is 12.8. The van der Waals surface area contributed by atoms with Gasteiger partial charge >= 0.3 is 0 Å². The fraction of sp³-hybridized carbons (Fsp3) is 0.417. The first-order valence-corrected chi connectivity index (χ1v) is 7.34. The Morgan fingerprint density at radius 3 is 2.20 bits per heavy atom. The minimum Gasteiger partial charge on any atom is -0.293 e. The number of thioether (sulfide) groups is 1. The van der Waals surface area contributed by atoms with Crippen LogP contribution in [0.1, 0.15) is 23.2 Å². The number of Topliss-reactive ketones (excluding diaryl/α,β-unsaturated/α-hetero) is 1. The van der Waals surface area contributed by atoms with E-state index in [1.165, 1.54) is 24.3 Å². The van der Waals surface area contributed by atoms with Gasteiger partial charge in [-0.1, -0.05) is 46.3 Å². The van der Waals surface area contributed by atoms with Crippen molar-refractivity contribution in [2.75, 3.05) is 16.8 Å². The van der Waals surface area contributed by atoms with E-state index in [2.05, 4.69) is 27.7 Å². The lowest BCUT2D eigenvalue weighted by Crippen LogP contribution is -1.98. The molecule has 0 unspecified atom stereocenters. The van der Waals surface area contributed by atoms with Gasteiger partial charge in [0, 0.05) is 5.56 Å². The van der Waals surface area contributed by atoms with Gasteiger partial charge in [0.25, 0.3) is 0 Å². The minimum absolute atomic E-state index is 0.126. The van der Waals surface area contributed by atoms with Gasteiger partial charge in [0.05, 0.1) is 5.33 Å². The first-order valence-electron chi connectivity index (χ1n) is 5.06. The largest absolute Gasteiger partial charge is 0.293 e. The number of rotatable bonds is 2. The first-order chi connectivity index (χ1) is 7.34. The SMILES string of the molecule is C1CCSC1.O=C(CBr)c1ccccc1. The molecule has 0 radical (unpaired) electrons. The Morgan fingerprint density at radius 1 is 1.20 bits per heavy atom. The van der Waals surface area contributed by atoms with E-state index in [4.69, 9.17) is 0 Å². The van der Waals surface area contributed by atoms with Gasteiger partial charge in [-0.05, 0) is 24.3 Å². The lowest BCUT2D eigenvalue weighted by molar-refractivity contribution is 0.102. The van der Waals surface area contributed by atoms with E-state index >= 15 is 0 Å². The van der Waals surface area contributed by atoms with Crippen LogP contribution in [0.3, 0.4) is 0 Å². The molecule has 1 saturated heterocycles. The van der Waals surface area contributed by atoms with Gasteiger partial charge < -0.3 is 0 Å². The number of carbonyl (C=O) groups is 1. The van der Waals surface area contributed by atoms with Crippen LogP contribution in [0.5, 0.6) is 0 Å². The van der Waals surface area contributed by atoms with Crippen molar-refractivity contribution < 1.29 is 4.79 Å². The molecule has 1 aromatic carbocycles. The van der Waals surface area contributed by atoms with Gasteiger partial charge in [-0.2, -0.15) is 11.8 Å². The van der Waals surface area contributed by atoms with Gasteiger partial charge in [-0.3, -0.25) is 4.79 Å². The highest BCUT2D eigenvalue weighted by molar-refractivity contribution is 9.09. The summed E-state index contributed by atoms with van der Waals surface area (Å²) in [6, 6.07) is 9.23. The van der Waals surface area contributed by atoms with E-state index in [9.17, 15) is 4.79 Å². The molecule has 1 aliphatic rings. The molecular formula is C12H15BrOS. The lowest BCUT2D eigenvalue weighted by atomic mass is 10.2. The van der Waals surface area contributed by atoms with Crippen LogP contribution in [0.2, 0.25) is 0 Å². The average molecular weight is 287 g/mol. The Kier molecular flexibility index (Phi) is 6.77. The molecule has 0 amide bonds. The summed E-state index contributed by atoms with van der Waals surface area (Å²) in [6.45, 7) is 0. The Labute approximate surface area is 104 Å². The van der Waals surface area contributed by atoms with Gasteiger partial charge in [-0.25, -0.2) is 0 Å². The molecule has 0 aliphatic carbocycles. The molecule has 15 heavy (non-hydrogen) atoms. The second kappa shape index (κ2) is 7.94. The minimum atomic E-state index is 0.126. The van der Waals surface area contributed by atoms with E-state index in [1.807, 2.05) is 30.3 Å². The van der Waals surface area contributed by atoms with Crippen LogP contribution in [0.15, 0.2) is 30.3 Å². The van der Waals surface area contributed by atoms with Crippen molar-refractivity contribution in [3.8, 4) is 0 Å². The fourth-order valence-electron chi connectivity index (χ4n) is 1.21. The molecule has 2 rings (SSSR count). The maximum absolute atomic E-state index is 11.0. The van der Waals surface area contributed by atoms with E-state index in [0.717, 1.165) is 5.56 Å². The van der Waals surface area contributed by atoms with Crippen molar-refractivity contribution in [1.29, 1.82) is 0 Å². The number of carbonyl (C=O) groups excluding carboxylic acids is 1. The molecule has 0 spiro atoms. The van der Waals surface area contributed by atoms with E-state index < -0.39 is 0 Å². The summed E-state index contributed by atoms with van der Waals surface area (Å²) < 4.78 is 0. The molecule has 1 heterocycles. The van der Waals surface area contributed by atoms with Crippen LogP contribution in [-0.4, -0.2) is 22.6 Å². The zero-order chi connectivity index (χ0) is 10.9. The van der Waals surface area contributed by atoms with Crippen LogP contribution in [0.25, 0.3) is 0 Å². The van der Waals surface area contributed by atoms with Gasteiger partial charge in [-0.15, -0.1) is 0 Å². The summed E-state index contributed by atoms with van der Waals surface area (Å²) >= 11 is 5.18. The second-order valence-corrected chi connectivity index (χ2v) is 5.03. The van der Waals surface area contributed by atoms with Crippen LogP contribution in [0, 0.1) is 0 Å². The maximum Gasteiger partial charge on any atom is 0.173 e. The van der Waals surface area contributed by atoms with E-state index in [0.29, 0.717) is 5.33 Å². The van der Waals surface area contributed by atoms with Crippen molar-refractivity contribution >= 4 is 33.5 Å². The number of halogens is 1. The Bertz CT molecular complexity index is 275. The highest BCUT2D eigenvalue weighted by atomic mass is 79.9. The molecule has 0 N–H and O–H groups in total. The highest BCUT2D eigenvalue weighted by Gasteiger charge is 1.99. The van der Waals surface area contributed by atoms with Gasteiger partial charge in [0.15, 0.2) is 5.78 Å². The molecular weight excluding hydrogens is 272 g/mol. The van der Waals surface area contributed by atoms with E-state index in [-0.39, 0.29) is 5.78 Å². The monoisotopic (exact) mass is 286 g/mol. The van der Waals surface area contributed by atoms with Gasteiger partial charge in [0.2, 0.25) is 0 Å². The number of ketones is 1. The predicted octanol–water partition coefficient (Wildman–Crippen LogP) is 3.78. The molecule has 0 saturated carbocycles. The van der Waals surface area contributed by atoms with Crippen LogP contribution >= 0.6 is 27.7 Å². The highest BCUT2D eigenvalue weighted by Crippen LogP contribution is 2.14. The van der Waals surface area contributed by atoms with Crippen molar-refractivity contribution in [1.82, 2.24) is 0 Å². The van der Waals surface area contributed by atoms with Crippen LogP contribution < -0.4 is 0 Å². The fourth-order valence-corrected chi connectivity index (χ4v) is 2.56. The molecule has 0 aromatic heterocycles. The third-order valence-electron chi connectivity index (χ3n) is 2.04. The standard InChI is InChI=1S/C8H7BrO.C4H8S/c9-6-8(10)7-4-2-1-3-5-7;1-2-4-5-3-1/h1-5H,6H2;1-4H2. The maximum atomic E-state index is 11.0. The molecule has 1 nitrogen and oxygen atoms in total. The molecule has 1 aromatic rings. The van der Waals surface area contributed by atoms with Crippen molar-refractivity contribution in [3.05, 3.63) is 35.9 Å². The number of alkyl halides is 1. The Hall–Kier alpha value is -0.280. The Balaban J connectivity index is 0.000000187. The summed E-state index contributed by atoms with van der Waals surface area (Å²) in [5, 5.41) is 0.400. The molecule has 82 valence electrons. The van der Waals surface area contributed by atoms with Crippen molar-refractivity contribution in [2.45, 2.75) is 12.8 Å². The summed E-state index contributed by atoms with van der Waals surface area (Å²) in [4.78, 5) is 11.0. The number of hydrogen-bond donors (Lipinski definition) is 0.